The fourth-order valence-electron chi connectivity index (χ4n) is 6.61. The van der Waals surface area contributed by atoms with Crippen molar-refractivity contribution in [1.29, 1.82) is 0 Å². The summed E-state index contributed by atoms with van der Waals surface area (Å²) in [5.74, 6) is 4.94. The van der Waals surface area contributed by atoms with Gasteiger partial charge >= 0.3 is 0 Å². The van der Waals surface area contributed by atoms with Crippen LogP contribution in [0.25, 0.3) is 0 Å². The Hall–Kier alpha value is -1.04. The molecular formula is C27H40. The Morgan fingerprint density at radius 3 is 2.48 bits per heavy atom. The number of hydrogen-bond acceptors (Lipinski definition) is 0. The molecule has 0 heteroatoms. The van der Waals surface area contributed by atoms with Gasteiger partial charge in [0.1, 0.15) is 0 Å². The lowest BCUT2D eigenvalue weighted by Crippen LogP contribution is -2.34. The number of rotatable bonds is 5. The van der Waals surface area contributed by atoms with Crippen LogP contribution in [-0.2, 0) is 19.3 Å². The molecule has 3 aliphatic carbocycles. The summed E-state index contributed by atoms with van der Waals surface area (Å²) in [4.78, 5) is 0. The maximum Gasteiger partial charge on any atom is -0.0231 e. The predicted octanol–water partition coefficient (Wildman–Crippen LogP) is 7.54. The van der Waals surface area contributed by atoms with E-state index in [1.54, 1.807) is 23.1 Å². The fraction of sp³-hybridized carbons (Fsp3) is 0.704. The minimum atomic E-state index is 0.885. The quantitative estimate of drug-likeness (QED) is 0.473. The SMILES string of the molecule is C/C=C/C1CCC2CC(C3CCc4cc(CCCC)ccc4C3)CCC2C1. The van der Waals surface area contributed by atoms with E-state index >= 15 is 0 Å². The molecule has 0 amide bonds. The van der Waals surface area contributed by atoms with Crippen LogP contribution in [0.3, 0.4) is 0 Å². The maximum atomic E-state index is 2.54. The summed E-state index contributed by atoms with van der Waals surface area (Å²) in [5, 5.41) is 0. The molecule has 3 aliphatic rings. The second-order valence-corrected chi connectivity index (χ2v) is 9.90. The second kappa shape index (κ2) is 8.97. The van der Waals surface area contributed by atoms with E-state index in [9.17, 15) is 0 Å². The molecule has 0 aliphatic heterocycles. The van der Waals surface area contributed by atoms with Crippen LogP contribution in [0.2, 0.25) is 0 Å². The Morgan fingerprint density at radius 1 is 0.889 bits per heavy atom. The first-order chi connectivity index (χ1) is 13.3. The molecule has 27 heavy (non-hydrogen) atoms. The number of fused-ring (bicyclic) bond motifs is 2. The van der Waals surface area contributed by atoms with Crippen LogP contribution in [0.15, 0.2) is 30.4 Å². The highest BCUT2D eigenvalue weighted by Gasteiger charge is 2.38. The van der Waals surface area contributed by atoms with Gasteiger partial charge in [-0.1, -0.05) is 43.7 Å². The molecule has 0 saturated heterocycles. The van der Waals surface area contributed by atoms with Crippen LogP contribution < -0.4 is 0 Å². The lowest BCUT2D eigenvalue weighted by molar-refractivity contribution is 0.0810. The number of unbranched alkanes of at least 4 members (excludes halogenated alkanes) is 1. The molecule has 0 aromatic heterocycles. The minimum Gasteiger partial charge on any atom is -0.0914 e. The molecule has 1 aromatic carbocycles. The van der Waals surface area contributed by atoms with Gasteiger partial charge in [-0.3, -0.25) is 0 Å². The van der Waals surface area contributed by atoms with Gasteiger partial charge in [0, 0.05) is 0 Å². The number of benzene rings is 1. The number of aryl methyl sites for hydroxylation is 2. The van der Waals surface area contributed by atoms with E-state index in [0.717, 1.165) is 29.6 Å². The van der Waals surface area contributed by atoms with Crippen molar-refractivity contribution in [2.24, 2.45) is 29.6 Å². The normalized spacial score (nSPS) is 33.6. The van der Waals surface area contributed by atoms with Crippen molar-refractivity contribution in [3.05, 3.63) is 47.0 Å². The van der Waals surface area contributed by atoms with Gasteiger partial charge in [-0.15, -0.1) is 0 Å². The van der Waals surface area contributed by atoms with Crippen molar-refractivity contribution in [2.45, 2.75) is 90.9 Å². The van der Waals surface area contributed by atoms with Crippen molar-refractivity contribution in [1.82, 2.24) is 0 Å². The minimum absolute atomic E-state index is 0.885. The van der Waals surface area contributed by atoms with Crippen molar-refractivity contribution in [3.63, 3.8) is 0 Å². The molecule has 4 rings (SSSR count). The van der Waals surface area contributed by atoms with Crippen molar-refractivity contribution in [3.8, 4) is 0 Å². The molecule has 0 heterocycles. The predicted molar refractivity (Wildman–Crippen MR) is 117 cm³/mol. The summed E-state index contributed by atoms with van der Waals surface area (Å²) in [6.45, 7) is 4.49. The van der Waals surface area contributed by atoms with Crippen LogP contribution in [0.5, 0.6) is 0 Å². The molecule has 0 N–H and O–H groups in total. The molecule has 148 valence electrons. The monoisotopic (exact) mass is 364 g/mol. The number of allylic oxidation sites excluding steroid dienone is 2. The third kappa shape index (κ3) is 4.52. The van der Waals surface area contributed by atoms with E-state index in [0.29, 0.717) is 0 Å². The highest BCUT2D eigenvalue weighted by molar-refractivity contribution is 5.34. The summed E-state index contributed by atoms with van der Waals surface area (Å²) < 4.78 is 0. The van der Waals surface area contributed by atoms with Crippen molar-refractivity contribution < 1.29 is 0 Å². The van der Waals surface area contributed by atoms with Gasteiger partial charge < -0.3 is 0 Å². The van der Waals surface area contributed by atoms with E-state index in [4.69, 9.17) is 0 Å². The Balaban J connectivity index is 1.35. The van der Waals surface area contributed by atoms with Crippen molar-refractivity contribution in [2.75, 3.05) is 0 Å². The molecule has 5 unspecified atom stereocenters. The summed E-state index contributed by atoms with van der Waals surface area (Å²) >= 11 is 0. The maximum absolute atomic E-state index is 2.54. The van der Waals surface area contributed by atoms with Gasteiger partial charge in [-0.05, 0) is 124 Å². The standard InChI is InChI=1S/C27H40/c1-3-5-7-21-9-11-25-19-27(15-13-23(25)17-21)26-14-12-22-16-20(6-4-2)8-10-24(22)18-26/h4,6,9,11,17,20,22,24,26-27H,3,5,7-8,10,12-16,18-19H2,1-2H3/b6-4+. The topological polar surface area (TPSA) is 0 Å². The zero-order chi connectivity index (χ0) is 18.6. The lowest BCUT2D eigenvalue weighted by Gasteiger charge is -2.44. The lowest BCUT2D eigenvalue weighted by atomic mass is 9.61. The average molecular weight is 365 g/mol. The van der Waals surface area contributed by atoms with Gasteiger partial charge in [-0.2, -0.15) is 0 Å². The molecule has 0 bridgehead atoms. The number of hydrogen-bond donors (Lipinski definition) is 0. The molecule has 0 nitrogen and oxygen atoms in total. The first-order valence-corrected chi connectivity index (χ1v) is 12.0. The zero-order valence-corrected chi connectivity index (χ0v) is 17.8. The Bertz CT molecular complexity index is 639. The van der Waals surface area contributed by atoms with Gasteiger partial charge in [-0.25, -0.2) is 0 Å². The van der Waals surface area contributed by atoms with Crippen LogP contribution in [0.4, 0.5) is 0 Å². The summed E-state index contributed by atoms with van der Waals surface area (Å²) in [6.07, 6.45) is 21.8. The zero-order valence-electron chi connectivity index (χ0n) is 17.8. The smallest absolute Gasteiger partial charge is 0.0231 e. The Labute approximate surface area is 167 Å². The molecule has 2 saturated carbocycles. The van der Waals surface area contributed by atoms with Crippen molar-refractivity contribution >= 4 is 0 Å². The largest absolute Gasteiger partial charge is 0.0914 e. The van der Waals surface area contributed by atoms with E-state index in [-0.39, 0.29) is 0 Å². The first kappa shape index (κ1) is 19.3. The second-order valence-electron chi connectivity index (χ2n) is 9.90. The van der Waals surface area contributed by atoms with Crippen LogP contribution in [0, 0.1) is 29.6 Å². The Morgan fingerprint density at radius 2 is 1.67 bits per heavy atom. The third-order valence-corrected chi connectivity index (χ3v) is 8.18. The van der Waals surface area contributed by atoms with E-state index in [2.05, 4.69) is 44.2 Å². The third-order valence-electron chi connectivity index (χ3n) is 8.18. The summed E-state index contributed by atoms with van der Waals surface area (Å²) in [5.41, 5.74) is 4.94. The van der Waals surface area contributed by atoms with Crippen LogP contribution in [0.1, 0.15) is 88.3 Å². The molecule has 0 radical (unpaired) electrons. The fourth-order valence-corrected chi connectivity index (χ4v) is 6.61. The summed E-state index contributed by atoms with van der Waals surface area (Å²) in [7, 11) is 0. The van der Waals surface area contributed by atoms with Crippen LogP contribution >= 0.6 is 0 Å². The molecule has 1 aromatic rings. The van der Waals surface area contributed by atoms with Gasteiger partial charge in [0.05, 0.1) is 0 Å². The molecule has 5 atom stereocenters. The van der Waals surface area contributed by atoms with Gasteiger partial charge in [0.2, 0.25) is 0 Å². The first-order valence-electron chi connectivity index (χ1n) is 12.0. The highest BCUT2D eigenvalue weighted by atomic mass is 14.4. The molecular weight excluding hydrogens is 324 g/mol. The van der Waals surface area contributed by atoms with Crippen LogP contribution in [-0.4, -0.2) is 0 Å². The van der Waals surface area contributed by atoms with Gasteiger partial charge in [0.25, 0.3) is 0 Å². The highest BCUT2D eigenvalue weighted by Crippen LogP contribution is 2.48. The average Bonchev–Trinajstić information content (AvgIpc) is 2.71. The summed E-state index contributed by atoms with van der Waals surface area (Å²) in [6, 6.07) is 7.46. The van der Waals surface area contributed by atoms with E-state index in [1.165, 1.54) is 70.6 Å². The Kier molecular flexibility index (Phi) is 6.41. The van der Waals surface area contributed by atoms with E-state index in [1.807, 2.05) is 0 Å². The molecule has 2 fully saturated rings. The van der Waals surface area contributed by atoms with E-state index < -0.39 is 0 Å². The molecule has 0 spiro atoms. The van der Waals surface area contributed by atoms with Gasteiger partial charge in [0.15, 0.2) is 0 Å².